The van der Waals surface area contributed by atoms with Crippen LogP contribution >= 0.6 is 0 Å². The van der Waals surface area contributed by atoms with E-state index in [1.807, 2.05) is 115 Å². The van der Waals surface area contributed by atoms with Gasteiger partial charge >= 0.3 is 0 Å². The highest BCUT2D eigenvalue weighted by atomic mass is 28.4. The SMILES string of the molecule is C[C@@H]1[C@@H]([Si](C)(C)F)[C@H](CCn2cc(C(CO)c3ccccc3)nn2)O[C@@]12C(=O)N(Cc1ccccc1)c1ccc(N3CN(c4ccccc4)C4(CCNCC4)C3=O)cc12. The lowest BCUT2D eigenvalue weighted by atomic mass is 9.82. The second-order valence-corrected chi connectivity index (χ2v) is 20.9. The Morgan fingerprint density at radius 3 is 2.27 bits per heavy atom. The first-order valence-corrected chi connectivity index (χ1v) is 23.8. The molecule has 3 fully saturated rings. The molecule has 0 radical (unpaired) electrons. The van der Waals surface area contributed by atoms with Crippen LogP contribution in [0.5, 0.6) is 0 Å². The smallest absolute Gasteiger partial charge is 0.264 e. The van der Waals surface area contributed by atoms with Crippen molar-refractivity contribution < 1.29 is 23.5 Å². The van der Waals surface area contributed by atoms with Crippen LogP contribution in [-0.4, -0.2) is 78.3 Å². The minimum absolute atomic E-state index is 0.0404. The largest absolute Gasteiger partial charge is 0.395 e. The van der Waals surface area contributed by atoms with E-state index in [2.05, 4.69) is 32.7 Å². The third-order valence-electron chi connectivity index (χ3n) is 13.3. The van der Waals surface area contributed by atoms with Crippen molar-refractivity contribution in [1.82, 2.24) is 20.3 Å². The van der Waals surface area contributed by atoms with Crippen molar-refractivity contribution in [3.63, 3.8) is 0 Å². The highest BCUT2D eigenvalue weighted by Crippen LogP contribution is 2.61. The number of aryl methyl sites for hydroxylation is 1. The van der Waals surface area contributed by atoms with Gasteiger partial charge in [0.25, 0.3) is 11.8 Å². The summed E-state index contributed by atoms with van der Waals surface area (Å²) in [5.41, 5.74) is 2.94. The standard InChI is InChI=1S/C46H52FN7O4Si/c1-32-42(59(2,3)47)41(21-26-51-29-39(49-50-51)37(30-55)34-15-9-5-10-16-34)58-46(32)38-27-36(19-20-40(38)52(44(46)57)28-33-13-7-4-8-14-33)53-31-54(35-17-11-6-12-18-35)45(43(53)56)22-24-48-25-23-45/h4-20,27,29,32,37,41-42,48,55H,21-26,28,30-31H2,1-3H3/t32-,37?,41+,42-,46+/m1/s1. The zero-order valence-electron chi connectivity index (χ0n) is 33.9. The molecule has 59 heavy (non-hydrogen) atoms. The van der Waals surface area contributed by atoms with Gasteiger partial charge in [0.15, 0.2) is 5.60 Å². The fourth-order valence-electron chi connectivity index (χ4n) is 10.5. The molecule has 4 aliphatic rings. The van der Waals surface area contributed by atoms with Gasteiger partial charge in [-0.25, -0.2) is 0 Å². The van der Waals surface area contributed by atoms with Crippen molar-refractivity contribution in [2.75, 3.05) is 41.1 Å². The number of nitrogens with zero attached hydrogens (tertiary/aromatic N) is 6. The summed E-state index contributed by atoms with van der Waals surface area (Å²) in [6, 6.07) is 35.6. The summed E-state index contributed by atoms with van der Waals surface area (Å²) in [6.07, 6.45) is 3.00. The number of aliphatic hydroxyl groups is 1. The number of hydrogen-bond donors (Lipinski definition) is 2. The number of ether oxygens (including phenoxy) is 1. The summed E-state index contributed by atoms with van der Waals surface area (Å²) >= 11 is 0. The van der Waals surface area contributed by atoms with Gasteiger partial charge in [0, 0.05) is 41.1 Å². The predicted molar refractivity (Wildman–Crippen MR) is 228 cm³/mol. The zero-order valence-corrected chi connectivity index (χ0v) is 34.9. The Kier molecular flexibility index (Phi) is 10.3. The Balaban J connectivity index is 1.08. The molecule has 2 amide bonds. The Labute approximate surface area is 346 Å². The number of benzene rings is 4. The van der Waals surface area contributed by atoms with Crippen LogP contribution in [-0.2, 0) is 33.0 Å². The van der Waals surface area contributed by atoms with Gasteiger partial charge in [-0.3, -0.25) is 19.2 Å². The molecule has 0 bridgehead atoms. The molecule has 1 unspecified atom stereocenters. The van der Waals surface area contributed by atoms with Crippen molar-refractivity contribution in [2.45, 2.75) is 81.1 Å². The van der Waals surface area contributed by atoms with Crippen LogP contribution in [0.2, 0.25) is 18.6 Å². The second kappa shape index (κ2) is 15.4. The third-order valence-corrected chi connectivity index (χ3v) is 15.8. The van der Waals surface area contributed by atoms with E-state index in [-0.39, 0.29) is 24.3 Å². The molecule has 5 atom stereocenters. The number of rotatable bonds is 11. The van der Waals surface area contributed by atoms with E-state index in [4.69, 9.17) is 4.74 Å². The maximum absolute atomic E-state index is 16.8. The number of anilines is 3. The highest BCUT2D eigenvalue weighted by molar-refractivity contribution is 6.72. The normalized spacial score (nSPS) is 24.4. The first kappa shape index (κ1) is 39.3. The van der Waals surface area contributed by atoms with Crippen molar-refractivity contribution >= 4 is 37.3 Å². The fraction of sp³-hybridized carbons (Fsp3) is 0.391. The number of hydrogen-bond acceptors (Lipinski definition) is 8. The van der Waals surface area contributed by atoms with Gasteiger partial charge in [-0.2, -0.15) is 0 Å². The molecule has 5 aromatic rings. The summed E-state index contributed by atoms with van der Waals surface area (Å²) in [6.45, 7) is 7.82. The molecular weight excluding hydrogens is 762 g/mol. The van der Waals surface area contributed by atoms with Crippen molar-refractivity contribution in [3.8, 4) is 0 Å². The van der Waals surface area contributed by atoms with E-state index in [0.29, 0.717) is 61.7 Å². The van der Waals surface area contributed by atoms with E-state index in [9.17, 15) is 9.90 Å². The third kappa shape index (κ3) is 6.68. The van der Waals surface area contributed by atoms with Crippen LogP contribution in [0.1, 0.15) is 54.5 Å². The molecule has 0 saturated carbocycles. The minimum atomic E-state index is -3.47. The molecule has 11 nitrogen and oxygen atoms in total. The molecule has 3 saturated heterocycles. The molecule has 4 aromatic carbocycles. The fourth-order valence-corrected chi connectivity index (χ4v) is 13.0. The summed E-state index contributed by atoms with van der Waals surface area (Å²) in [7, 11) is -3.47. The number of para-hydroxylation sites is 1. The first-order chi connectivity index (χ1) is 28.5. The Bertz CT molecular complexity index is 2300. The molecule has 13 heteroatoms. The number of carbonyl (C=O) groups is 2. The van der Waals surface area contributed by atoms with Gasteiger partial charge in [-0.1, -0.05) is 91.0 Å². The number of nitrogens with one attached hydrogen (secondary N) is 1. The zero-order chi connectivity index (χ0) is 40.9. The van der Waals surface area contributed by atoms with Crippen LogP contribution in [0, 0.1) is 5.92 Å². The van der Waals surface area contributed by atoms with Crippen LogP contribution in [0.25, 0.3) is 0 Å². The second-order valence-electron chi connectivity index (χ2n) is 17.1. The van der Waals surface area contributed by atoms with Gasteiger partial charge in [0.1, 0.15) is 5.54 Å². The summed E-state index contributed by atoms with van der Waals surface area (Å²) < 4.78 is 25.7. The van der Waals surface area contributed by atoms with E-state index in [1.165, 1.54) is 0 Å². The van der Waals surface area contributed by atoms with E-state index < -0.39 is 37.1 Å². The van der Waals surface area contributed by atoms with Gasteiger partial charge in [-0.15, -0.1) is 5.10 Å². The molecule has 306 valence electrons. The number of aromatic nitrogens is 3. The maximum Gasteiger partial charge on any atom is 0.264 e. The van der Waals surface area contributed by atoms with Gasteiger partial charge < -0.3 is 29.1 Å². The number of halogens is 1. The lowest BCUT2D eigenvalue weighted by Crippen LogP contribution is -2.55. The van der Waals surface area contributed by atoms with Crippen LogP contribution in [0.15, 0.2) is 115 Å². The monoisotopic (exact) mass is 813 g/mol. The van der Waals surface area contributed by atoms with Crippen LogP contribution in [0.4, 0.5) is 21.2 Å². The van der Waals surface area contributed by atoms with E-state index >= 15 is 8.90 Å². The molecular formula is C46H52FN7O4Si. The van der Waals surface area contributed by atoms with Crippen molar-refractivity contribution in [3.05, 3.63) is 138 Å². The van der Waals surface area contributed by atoms with Gasteiger partial charge in [-0.05, 0) is 86.9 Å². The van der Waals surface area contributed by atoms with Gasteiger partial charge in [0.2, 0.25) is 8.41 Å². The lowest BCUT2D eigenvalue weighted by Gasteiger charge is -2.39. The molecule has 9 rings (SSSR count). The molecule has 4 aliphatic heterocycles. The average molecular weight is 814 g/mol. The Morgan fingerprint density at radius 1 is 0.915 bits per heavy atom. The number of aliphatic hydroxyl groups excluding tert-OH is 1. The number of amides is 2. The molecule has 0 aliphatic carbocycles. The van der Waals surface area contributed by atoms with E-state index in [0.717, 1.165) is 29.9 Å². The predicted octanol–water partition coefficient (Wildman–Crippen LogP) is 6.75. The van der Waals surface area contributed by atoms with Crippen LogP contribution in [0.3, 0.4) is 0 Å². The summed E-state index contributed by atoms with van der Waals surface area (Å²) in [4.78, 5) is 35.9. The van der Waals surface area contributed by atoms with E-state index in [1.54, 1.807) is 22.7 Å². The van der Waals surface area contributed by atoms with Crippen molar-refractivity contribution in [2.24, 2.45) is 5.92 Å². The quantitative estimate of drug-likeness (QED) is 0.111. The molecule has 5 heterocycles. The summed E-state index contributed by atoms with van der Waals surface area (Å²) in [5, 5.41) is 22.5. The minimum Gasteiger partial charge on any atom is -0.395 e. The van der Waals surface area contributed by atoms with Crippen molar-refractivity contribution in [1.29, 1.82) is 0 Å². The average Bonchev–Trinajstić information content (AvgIpc) is 3.97. The number of fused-ring (bicyclic) bond motifs is 2. The lowest BCUT2D eigenvalue weighted by molar-refractivity contribution is -0.146. The summed E-state index contributed by atoms with van der Waals surface area (Å²) in [5.74, 6) is -1.00. The van der Waals surface area contributed by atoms with Gasteiger partial charge in [0.05, 0.1) is 43.2 Å². The Morgan fingerprint density at radius 2 is 1.59 bits per heavy atom. The van der Waals surface area contributed by atoms with Crippen LogP contribution < -0.4 is 20.0 Å². The number of carbonyl (C=O) groups excluding carboxylic acids is 2. The number of piperidine rings is 1. The molecule has 1 aromatic heterocycles. The molecule has 2 N–H and O–H groups in total. The highest BCUT2D eigenvalue weighted by Gasteiger charge is 2.67. The topological polar surface area (TPSA) is 116 Å². The maximum atomic E-state index is 16.8. The molecule has 2 spiro atoms. The Hall–Kier alpha value is -5.21. The first-order valence-electron chi connectivity index (χ1n) is 20.8.